The summed E-state index contributed by atoms with van der Waals surface area (Å²) in [5, 5.41) is 14.2. The largest absolute Gasteiger partial charge is 0.493 e. The lowest BCUT2D eigenvalue weighted by Crippen LogP contribution is -2.52. The van der Waals surface area contributed by atoms with E-state index in [1.165, 1.54) is 40.6 Å². The van der Waals surface area contributed by atoms with E-state index >= 15 is 0 Å². The van der Waals surface area contributed by atoms with Crippen LogP contribution in [0.4, 0.5) is 0 Å². The van der Waals surface area contributed by atoms with Gasteiger partial charge in [-0.2, -0.15) is 0 Å². The predicted octanol–water partition coefficient (Wildman–Crippen LogP) is 1.58. The van der Waals surface area contributed by atoms with Crippen molar-refractivity contribution in [2.45, 2.75) is 31.3 Å². The Morgan fingerprint density at radius 3 is 1.97 bits per heavy atom. The molecule has 3 N–H and O–H groups in total. The van der Waals surface area contributed by atoms with Crippen LogP contribution in [0.1, 0.15) is 28.8 Å². The summed E-state index contributed by atoms with van der Waals surface area (Å²) in [4.78, 5) is 49.6. The zero-order valence-corrected chi connectivity index (χ0v) is 20.5. The SMILES string of the molecule is COC(=O)[C@H](Cc1ccccc1)NC(=O)[C@@H](CCC(=O)O)NC(=O)c1cc(OC)c(OC)c(OC)c1. The molecule has 2 amide bonds. The van der Waals surface area contributed by atoms with Crippen LogP contribution >= 0.6 is 0 Å². The Hall–Kier alpha value is -4.28. The van der Waals surface area contributed by atoms with Crippen molar-refractivity contribution in [2.24, 2.45) is 0 Å². The van der Waals surface area contributed by atoms with E-state index in [0.29, 0.717) is 0 Å². The van der Waals surface area contributed by atoms with Crippen molar-refractivity contribution >= 4 is 23.8 Å². The highest BCUT2D eigenvalue weighted by Gasteiger charge is 2.29. The lowest BCUT2D eigenvalue weighted by Gasteiger charge is -2.22. The molecule has 0 heterocycles. The van der Waals surface area contributed by atoms with Crippen LogP contribution in [0.15, 0.2) is 42.5 Å². The molecule has 11 nitrogen and oxygen atoms in total. The molecule has 36 heavy (non-hydrogen) atoms. The van der Waals surface area contributed by atoms with E-state index in [-0.39, 0.29) is 35.7 Å². The number of nitrogens with one attached hydrogen (secondary N) is 2. The van der Waals surface area contributed by atoms with Gasteiger partial charge in [-0.3, -0.25) is 14.4 Å². The normalized spacial score (nSPS) is 12.0. The maximum Gasteiger partial charge on any atom is 0.328 e. The number of methoxy groups -OCH3 is 4. The molecule has 0 aromatic heterocycles. The molecule has 2 aromatic rings. The summed E-state index contributed by atoms with van der Waals surface area (Å²) in [6.45, 7) is 0. The highest BCUT2D eigenvalue weighted by Crippen LogP contribution is 2.38. The van der Waals surface area contributed by atoms with Gasteiger partial charge in [0.05, 0.1) is 28.4 Å². The molecule has 0 spiro atoms. The van der Waals surface area contributed by atoms with Crippen LogP contribution in [-0.2, 0) is 25.5 Å². The van der Waals surface area contributed by atoms with Crippen molar-refractivity contribution in [1.29, 1.82) is 0 Å². The fourth-order valence-electron chi connectivity index (χ4n) is 3.45. The van der Waals surface area contributed by atoms with Crippen LogP contribution in [0, 0.1) is 0 Å². The number of carbonyl (C=O) groups is 4. The number of rotatable bonds is 13. The Balaban J connectivity index is 2.28. The molecule has 2 rings (SSSR count). The molecule has 2 aromatic carbocycles. The van der Waals surface area contributed by atoms with Crippen LogP contribution in [-0.4, -0.2) is 69.4 Å². The molecular formula is C25H30N2O9. The van der Waals surface area contributed by atoms with Gasteiger partial charge < -0.3 is 34.7 Å². The summed E-state index contributed by atoms with van der Waals surface area (Å²) in [5.74, 6) is -2.52. The second-order valence-corrected chi connectivity index (χ2v) is 7.65. The molecule has 0 aliphatic heterocycles. The predicted molar refractivity (Wildman–Crippen MR) is 128 cm³/mol. The number of carboxylic acid groups (broad SMARTS) is 1. The van der Waals surface area contributed by atoms with E-state index in [4.69, 9.17) is 24.1 Å². The number of hydrogen-bond acceptors (Lipinski definition) is 8. The first-order valence-corrected chi connectivity index (χ1v) is 11.0. The van der Waals surface area contributed by atoms with Gasteiger partial charge in [-0.05, 0) is 24.1 Å². The molecule has 0 saturated carbocycles. The Kier molecular flexibility index (Phi) is 10.5. The minimum absolute atomic E-state index is 0.0893. The molecule has 0 unspecified atom stereocenters. The van der Waals surface area contributed by atoms with Gasteiger partial charge in [0, 0.05) is 18.4 Å². The number of ether oxygens (including phenoxy) is 4. The summed E-state index contributed by atoms with van der Waals surface area (Å²) in [6.07, 6.45) is -0.461. The first-order chi connectivity index (χ1) is 17.2. The van der Waals surface area contributed by atoms with Gasteiger partial charge in [-0.15, -0.1) is 0 Å². The molecule has 0 aliphatic carbocycles. The molecule has 0 radical (unpaired) electrons. The molecule has 0 fully saturated rings. The van der Waals surface area contributed by atoms with Crippen molar-refractivity contribution in [1.82, 2.24) is 10.6 Å². The number of esters is 1. The summed E-state index contributed by atoms with van der Waals surface area (Å²) < 4.78 is 20.6. The van der Waals surface area contributed by atoms with Crippen LogP contribution in [0.3, 0.4) is 0 Å². The number of benzene rings is 2. The van der Waals surface area contributed by atoms with E-state index in [1.54, 1.807) is 24.3 Å². The molecule has 0 saturated heterocycles. The fraction of sp³-hybridized carbons (Fsp3) is 0.360. The third-order valence-electron chi connectivity index (χ3n) is 5.28. The minimum Gasteiger partial charge on any atom is -0.493 e. The lowest BCUT2D eigenvalue weighted by atomic mass is 10.0. The second kappa shape index (κ2) is 13.6. The van der Waals surface area contributed by atoms with Gasteiger partial charge in [0.2, 0.25) is 11.7 Å². The smallest absolute Gasteiger partial charge is 0.328 e. The highest BCUT2D eigenvalue weighted by molar-refractivity contribution is 5.99. The molecular weight excluding hydrogens is 472 g/mol. The van der Waals surface area contributed by atoms with E-state index in [0.717, 1.165) is 5.56 Å². The van der Waals surface area contributed by atoms with Gasteiger partial charge in [0.1, 0.15) is 12.1 Å². The first-order valence-electron chi connectivity index (χ1n) is 11.0. The maximum atomic E-state index is 13.1. The Morgan fingerprint density at radius 2 is 1.47 bits per heavy atom. The zero-order valence-electron chi connectivity index (χ0n) is 20.5. The monoisotopic (exact) mass is 502 g/mol. The summed E-state index contributed by atoms with van der Waals surface area (Å²) in [7, 11) is 5.39. The number of carboxylic acids is 1. The standard InChI is InChI=1S/C25H30N2O9/c1-33-19-13-16(14-20(34-2)22(19)35-3)23(30)26-17(10-11-21(28)29)24(31)27-18(25(32)36-4)12-15-8-6-5-7-9-15/h5-9,13-14,17-18H,10-12H2,1-4H3,(H,26,30)(H,27,31)(H,28,29)/t17-,18+/m1/s1. The molecule has 0 aliphatic rings. The number of carbonyl (C=O) groups excluding carboxylic acids is 3. The van der Waals surface area contributed by atoms with Crippen LogP contribution < -0.4 is 24.8 Å². The third-order valence-corrected chi connectivity index (χ3v) is 5.28. The Morgan fingerprint density at radius 1 is 0.861 bits per heavy atom. The average Bonchev–Trinajstić information content (AvgIpc) is 2.89. The number of amides is 2. The fourth-order valence-corrected chi connectivity index (χ4v) is 3.45. The van der Waals surface area contributed by atoms with Crippen molar-refractivity contribution in [2.75, 3.05) is 28.4 Å². The van der Waals surface area contributed by atoms with Gasteiger partial charge in [0.15, 0.2) is 11.5 Å². The van der Waals surface area contributed by atoms with E-state index in [1.807, 2.05) is 6.07 Å². The lowest BCUT2D eigenvalue weighted by molar-refractivity contribution is -0.145. The van der Waals surface area contributed by atoms with E-state index in [9.17, 15) is 19.2 Å². The van der Waals surface area contributed by atoms with Crippen LogP contribution in [0.5, 0.6) is 17.2 Å². The van der Waals surface area contributed by atoms with Crippen LogP contribution in [0.25, 0.3) is 0 Å². The topological polar surface area (TPSA) is 149 Å². The van der Waals surface area contributed by atoms with Crippen molar-refractivity contribution < 1.29 is 43.2 Å². The van der Waals surface area contributed by atoms with Gasteiger partial charge in [-0.1, -0.05) is 30.3 Å². The maximum absolute atomic E-state index is 13.1. The number of hydrogen-bond donors (Lipinski definition) is 3. The van der Waals surface area contributed by atoms with Crippen molar-refractivity contribution in [3.8, 4) is 17.2 Å². The minimum atomic E-state index is -1.25. The summed E-state index contributed by atoms with van der Waals surface area (Å²) in [5.41, 5.74) is 0.864. The average molecular weight is 503 g/mol. The van der Waals surface area contributed by atoms with Gasteiger partial charge >= 0.3 is 11.9 Å². The van der Waals surface area contributed by atoms with E-state index in [2.05, 4.69) is 10.6 Å². The third kappa shape index (κ3) is 7.62. The highest BCUT2D eigenvalue weighted by atomic mass is 16.5. The molecule has 2 atom stereocenters. The van der Waals surface area contributed by atoms with Crippen molar-refractivity contribution in [3.63, 3.8) is 0 Å². The first kappa shape index (κ1) is 28.0. The summed E-state index contributed by atoms with van der Waals surface area (Å²) in [6, 6.07) is 9.47. The number of aliphatic carboxylic acids is 1. The summed E-state index contributed by atoms with van der Waals surface area (Å²) >= 11 is 0. The Bertz CT molecular complexity index is 1050. The van der Waals surface area contributed by atoms with Gasteiger partial charge in [0.25, 0.3) is 5.91 Å². The quantitative estimate of drug-likeness (QED) is 0.347. The van der Waals surface area contributed by atoms with Crippen molar-refractivity contribution in [3.05, 3.63) is 53.6 Å². The molecule has 0 bridgehead atoms. The van der Waals surface area contributed by atoms with E-state index < -0.39 is 42.3 Å². The molecule has 194 valence electrons. The Labute approximate surface area is 208 Å². The second-order valence-electron chi connectivity index (χ2n) is 7.65. The zero-order chi connectivity index (χ0) is 26.7. The molecule has 11 heteroatoms. The van der Waals surface area contributed by atoms with Crippen LogP contribution in [0.2, 0.25) is 0 Å². The van der Waals surface area contributed by atoms with Gasteiger partial charge in [-0.25, -0.2) is 4.79 Å².